The zero-order valence-electron chi connectivity index (χ0n) is 10.9. The van der Waals surface area contributed by atoms with E-state index in [0.29, 0.717) is 25.2 Å². The van der Waals surface area contributed by atoms with E-state index in [4.69, 9.17) is 10.6 Å². The number of nitrogens with one attached hydrogen (secondary N) is 3. The lowest BCUT2D eigenvalue weighted by Crippen LogP contribution is -2.43. The Morgan fingerprint density at radius 3 is 2.89 bits per heavy atom. The highest BCUT2D eigenvalue weighted by Crippen LogP contribution is 2.18. The summed E-state index contributed by atoms with van der Waals surface area (Å²) in [7, 11) is 0. The molecule has 0 atom stereocenters. The third-order valence-electron chi connectivity index (χ3n) is 2.42. The predicted molar refractivity (Wildman–Crippen MR) is 69.9 cm³/mol. The maximum Gasteiger partial charge on any atom is 0.242 e. The molecule has 1 amide bonds. The van der Waals surface area contributed by atoms with Gasteiger partial charge in [0.05, 0.1) is 0 Å². The predicted octanol–water partition coefficient (Wildman–Crippen LogP) is -0.899. The zero-order valence-corrected chi connectivity index (χ0v) is 10.9. The fourth-order valence-corrected chi connectivity index (χ4v) is 1.33. The van der Waals surface area contributed by atoms with Crippen LogP contribution in [0.4, 0.5) is 0 Å². The number of nitrogens with two attached hydrogens (primary N) is 1. The summed E-state index contributed by atoms with van der Waals surface area (Å²) < 4.78 is 5.20. The van der Waals surface area contributed by atoms with Crippen molar-refractivity contribution in [2.75, 3.05) is 26.3 Å². The van der Waals surface area contributed by atoms with Crippen molar-refractivity contribution in [1.82, 2.24) is 16.1 Å². The summed E-state index contributed by atoms with van der Waals surface area (Å²) in [5, 5.41) is 5.86. The smallest absolute Gasteiger partial charge is 0.242 e. The molecule has 0 saturated heterocycles. The van der Waals surface area contributed by atoms with Crippen LogP contribution in [0.3, 0.4) is 0 Å². The van der Waals surface area contributed by atoms with Crippen molar-refractivity contribution < 1.29 is 9.53 Å². The van der Waals surface area contributed by atoms with Gasteiger partial charge in [-0.2, -0.15) is 0 Å². The first-order chi connectivity index (χ1) is 8.76. The molecule has 0 bridgehead atoms. The van der Waals surface area contributed by atoms with Crippen LogP contribution in [0.5, 0.6) is 0 Å². The first-order valence-electron chi connectivity index (χ1n) is 6.38. The molecule has 1 rings (SSSR count). The molecule has 5 N–H and O–H groups in total. The van der Waals surface area contributed by atoms with Gasteiger partial charge in [-0.3, -0.25) is 10.2 Å². The summed E-state index contributed by atoms with van der Waals surface area (Å²) in [6.07, 6.45) is 3.02. The number of carbonyl (C=O) groups is 1. The number of ether oxygens (including phenoxy) is 1. The van der Waals surface area contributed by atoms with Gasteiger partial charge in [0.2, 0.25) is 11.9 Å². The summed E-state index contributed by atoms with van der Waals surface area (Å²) >= 11 is 0. The summed E-state index contributed by atoms with van der Waals surface area (Å²) in [6.45, 7) is 4.17. The van der Waals surface area contributed by atoms with Gasteiger partial charge >= 0.3 is 0 Å². The normalized spacial score (nSPS) is 15.3. The molecule has 18 heavy (non-hydrogen) atoms. The van der Waals surface area contributed by atoms with Gasteiger partial charge in [-0.05, 0) is 26.2 Å². The fourth-order valence-electron chi connectivity index (χ4n) is 1.33. The first kappa shape index (κ1) is 14.7. The average Bonchev–Trinajstić information content (AvgIpc) is 3.16. The SMILES string of the molecule is CCOCCCNC(=NCC(=O)NC1CC1)NN. The average molecular weight is 257 g/mol. The Balaban J connectivity index is 2.11. The molecule has 0 aromatic carbocycles. The van der Waals surface area contributed by atoms with Crippen LogP contribution in [0.15, 0.2) is 4.99 Å². The Bertz CT molecular complexity index is 279. The van der Waals surface area contributed by atoms with E-state index in [0.717, 1.165) is 25.9 Å². The number of hydrogen-bond acceptors (Lipinski definition) is 4. The van der Waals surface area contributed by atoms with Gasteiger partial charge in [0.15, 0.2) is 0 Å². The minimum Gasteiger partial charge on any atom is -0.382 e. The molecule has 1 fully saturated rings. The van der Waals surface area contributed by atoms with Gasteiger partial charge in [0.25, 0.3) is 0 Å². The molecule has 7 nitrogen and oxygen atoms in total. The summed E-state index contributed by atoms with van der Waals surface area (Å²) in [5.41, 5.74) is 2.44. The van der Waals surface area contributed by atoms with E-state index in [9.17, 15) is 4.79 Å². The Labute approximate surface area is 108 Å². The van der Waals surface area contributed by atoms with Crippen molar-refractivity contribution in [1.29, 1.82) is 0 Å². The molecule has 1 aliphatic rings. The molecule has 7 heteroatoms. The molecule has 0 aliphatic heterocycles. The van der Waals surface area contributed by atoms with Gasteiger partial charge in [-0.15, -0.1) is 0 Å². The van der Waals surface area contributed by atoms with Crippen LogP contribution < -0.4 is 21.9 Å². The maximum absolute atomic E-state index is 11.4. The van der Waals surface area contributed by atoms with Gasteiger partial charge in [0, 0.05) is 25.8 Å². The number of guanidine groups is 1. The van der Waals surface area contributed by atoms with Crippen molar-refractivity contribution in [2.45, 2.75) is 32.2 Å². The molecule has 1 aliphatic carbocycles. The Kier molecular flexibility index (Phi) is 7.12. The van der Waals surface area contributed by atoms with Crippen molar-refractivity contribution in [2.24, 2.45) is 10.8 Å². The van der Waals surface area contributed by atoms with Gasteiger partial charge in [-0.1, -0.05) is 0 Å². The first-order valence-corrected chi connectivity index (χ1v) is 6.38. The van der Waals surface area contributed by atoms with Crippen molar-refractivity contribution in [3.63, 3.8) is 0 Å². The lowest BCUT2D eigenvalue weighted by molar-refractivity contribution is -0.119. The summed E-state index contributed by atoms with van der Waals surface area (Å²) in [5.74, 6) is 5.67. The van der Waals surface area contributed by atoms with Crippen molar-refractivity contribution in [3.05, 3.63) is 0 Å². The largest absolute Gasteiger partial charge is 0.382 e. The molecule has 0 radical (unpaired) electrons. The molecule has 0 aromatic rings. The third-order valence-corrected chi connectivity index (χ3v) is 2.42. The van der Waals surface area contributed by atoms with Crippen LogP contribution >= 0.6 is 0 Å². The van der Waals surface area contributed by atoms with Crippen LogP contribution in [-0.4, -0.2) is 44.2 Å². The molecule has 0 unspecified atom stereocenters. The zero-order chi connectivity index (χ0) is 13.2. The number of rotatable bonds is 8. The molecule has 0 aromatic heterocycles. The van der Waals surface area contributed by atoms with E-state index >= 15 is 0 Å². The lowest BCUT2D eigenvalue weighted by atomic mass is 10.4. The topological polar surface area (TPSA) is 101 Å². The van der Waals surface area contributed by atoms with E-state index in [1.807, 2.05) is 6.92 Å². The second kappa shape index (κ2) is 8.71. The fraction of sp³-hybridized carbons (Fsp3) is 0.818. The van der Waals surface area contributed by atoms with Gasteiger partial charge in [-0.25, -0.2) is 10.8 Å². The minimum absolute atomic E-state index is 0.0682. The Morgan fingerprint density at radius 1 is 1.50 bits per heavy atom. The van der Waals surface area contributed by atoms with Gasteiger partial charge in [0.1, 0.15) is 6.54 Å². The Morgan fingerprint density at radius 2 is 2.28 bits per heavy atom. The van der Waals surface area contributed by atoms with Crippen LogP contribution in [-0.2, 0) is 9.53 Å². The number of carbonyl (C=O) groups excluding carboxylic acids is 1. The highest BCUT2D eigenvalue weighted by Gasteiger charge is 2.22. The van der Waals surface area contributed by atoms with Gasteiger partial charge < -0.3 is 15.4 Å². The second-order valence-corrected chi connectivity index (χ2v) is 4.13. The number of hydrogen-bond donors (Lipinski definition) is 4. The van der Waals surface area contributed by atoms with Crippen molar-refractivity contribution >= 4 is 11.9 Å². The lowest BCUT2D eigenvalue weighted by Gasteiger charge is -2.09. The highest BCUT2D eigenvalue weighted by molar-refractivity contribution is 5.84. The summed E-state index contributed by atoms with van der Waals surface area (Å²) in [6, 6.07) is 0.362. The molecule has 104 valence electrons. The van der Waals surface area contributed by atoms with Crippen LogP contribution in [0.2, 0.25) is 0 Å². The minimum atomic E-state index is -0.0682. The Hall–Kier alpha value is -1.34. The molecular formula is C11H23N5O2. The number of hydrazine groups is 1. The van der Waals surface area contributed by atoms with Crippen LogP contribution in [0.25, 0.3) is 0 Å². The standard InChI is InChI=1S/C11H23N5O2/c1-2-18-7-3-6-13-11(16-12)14-8-10(17)15-9-4-5-9/h9H,2-8,12H2,1H3,(H,15,17)(H2,13,14,16). The van der Waals surface area contributed by atoms with E-state index in [1.165, 1.54) is 0 Å². The third kappa shape index (κ3) is 7.08. The monoisotopic (exact) mass is 257 g/mol. The maximum atomic E-state index is 11.4. The summed E-state index contributed by atoms with van der Waals surface area (Å²) in [4.78, 5) is 15.5. The molecule has 0 heterocycles. The molecular weight excluding hydrogens is 234 g/mol. The molecule has 1 saturated carbocycles. The van der Waals surface area contributed by atoms with E-state index in [1.54, 1.807) is 0 Å². The van der Waals surface area contributed by atoms with Crippen LogP contribution in [0.1, 0.15) is 26.2 Å². The van der Waals surface area contributed by atoms with Crippen LogP contribution in [0, 0.1) is 0 Å². The molecule has 0 spiro atoms. The van der Waals surface area contributed by atoms with Crippen molar-refractivity contribution in [3.8, 4) is 0 Å². The number of aliphatic imine (C=N–C) groups is 1. The van der Waals surface area contributed by atoms with E-state index < -0.39 is 0 Å². The highest BCUT2D eigenvalue weighted by atomic mass is 16.5. The van der Waals surface area contributed by atoms with E-state index in [-0.39, 0.29) is 12.5 Å². The quantitative estimate of drug-likeness (QED) is 0.148. The second-order valence-electron chi connectivity index (χ2n) is 4.13. The number of amides is 1. The number of nitrogens with zero attached hydrogens (tertiary/aromatic N) is 1. The van der Waals surface area contributed by atoms with E-state index in [2.05, 4.69) is 21.1 Å².